The summed E-state index contributed by atoms with van der Waals surface area (Å²) in [6, 6.07) is 10.7. The van der Waals surface area contributed by atoms with Gasteiger partial charge in [0.05, 0.1) is 11.4 Å². The van der Waals surface area contributed by atoms with Gasteiger partial charge in [-0.15, -0.1) is 0 Å². The number of ether oxygens (including phenoxy) is 2. The summed E-state index contributed by atoms with van der Waals surface area (Å²) in [5, 5.41) is 0. The summed E-state index contributed by atoms with van der Waals surface area (Å²) < 4.78 is 14.4. The average molecular weight is 368 g/mol. The lowest BCUT2D eigenvalue weighted by atomic mass is 9.86. The molecule has 144 valence electrons. The first-order valence-electron chi connectivity index (χ1n) is 9.79. The summed E-state index contributed by atoms with van der Waals surface area (Å²) in [4.78, 5) is 14.2. The smallest absolute Gasteiger partial charge is 0.410 e. The van der Waals surface area contributed by atoms with Crippen LogP contribution in [-0.2, 0) is 16.8 Å². The van der Waals surface area contributed by atoms with E-state index in [1.165, 1.54) is 11.3 Å². The van der Waals surface area contributed by atoms with E-state index < -0.39 is 5.60 Å². The van der Waals surface area contributed by atoms with Crippen LogP contribution in [0, 0.1) is 0 Å². The second-order valence-corrected chi connectivity index (χ2v) is 8.48. The standard InChI is InChI=1S/C22H28N2O3/c1-5-16-8-9-17-18(15-16)26-22(19-7-6-12-24(17)19)10-13-23(14-11-22)20(25)27-21(2,3)4/h6-9,12,15H,5,10-11,13-14H2,1-4H3. The molecular weight excluding hydrogens is 340 g/mol. The van der Waals surface area contributed by atoms with E-state index >= 15 is 0 Å². The number of rotatable bonds is 1. The normalized spacial score (nSPS) is 17.9. The third kappa shape index (κ3) is 3.20. The SMILES string of the molecule is CCc1ccc2c(c1)OC1(CCN(C(=O)OC(C)(C)C)CC1)c1cccn1-2. The molecule has 1 saturated heterocycles. The van der Waals surface area contributed by atoms with Gasteiger partial charge in [-0.25, -0.2) is 4.79 Å². The molecular formula is C22H28N2O3. The fourth-order valence-electron chi connectivity index (χ4n) is 4.02. The van der Waals surface area contributed by atoms with Crippen LogP contribution < -0.4 is 4.74 Å². The summed E-state index contributed by atoms with van der Waals surface area (Å²) in [5.41, 5.74) is 2.67. The number of piperidine rings is 1. The molecule has 2 aliphatic heterocycles. The molecule has 0 radical (unpaired) electrons. The molecule has 1 spiro atoms. The van der Waals surface area contributed by atoms with Crippen LogP contribution >= 0.6 is 0 Å². The quantitative estimate of drug-likeness (QED) is 0.735. The van der Waals surface area contributed by atoms with E-state index in [0.29, 0.717) is 13.1 Å². The van der Waals surface area contributed by atoms with Crippen molar-refractivity contribution in [2.75, 3.05) is 13.1 Å². The highest BCUT2D eigenvalue weighted by atomic mass is 16.6. The Kier molecular flexibility index (Phi) is 4.21. The molecule has 1 aromatic heterocycles. The number of nitrogens with zero attached hydrogens (tertiary/aromatic N) is 2. The zero-order chi connectivity index (χ0) is 19.2. The van der Waals surface area contributed by atoms with E-state index in [4.69, 9.17) is 9.47 Å². The predicted molar refractivity (Wildman–Crippen MR) is 104 cm³/mol. The molecule has 1 fully saturated rings. The van der Waals surface area contributed by atoms with Crippen LogP contribution in [-0.4, -0.2) is 34.3 Å². The zero-order valence-corrected chi connectivity index (χ0v) is 16.6. The molecule has 0 unspecified atom stereocenters. The maximum Gasteiger partial charge on any atom is 0.410 e. The van der Waals surface area contributed by atoms with Crippen LogP contribution in [0.3, 0.4) is 0 Å². The Hall–Kier alpha value is -2.43. The average Bonchev–Trinajstić information content (AvgIpc) is 3.11. The van der Waals surface area contributed by atoms with E-state index in [2.05, 4.69) is 48.0 Å². The number of carbonyl (C=O) groups excluding carboxylic acids is 1. The summed E-state index contributed by atoms with van der Waals surface area (Å²) >= 11 is 0. The number of hydrogen-bond donors (Lipinski definition) is 0. The van der Waals surface area contributed by atoms with Crippen molar-refractivity contribution in [2.24, 2.45) is 0 Å². The molecule has 2 aromatic rings. The van der Waals surface area contributed by atoms with Gasteiger partial charge in [-0.1, -0.05) is 13.0 Å². The minimum atomic E-state index is -0.474. The van der Waals surface area contributed by atoms with Crippen LogP contribution in [0.15, 0.2) is 36.5 Å². The molecule has 5 heteroatoms. The largest absolute Gasteiger partial charge is 0.479 e. The Morgan fingerprint density at radius 1 is 1.22 bits per heavy atom. The van der Waals surface area contributed by atoms with Crippen molar-refractivity contribution in [3.05, 3.63) is 47.8 Å². The first-order valence-corrected chi connectivity index (χ1v) is 9.79. The Balaban J connectivity index is 1.59. The molecule has 5 nitrogen and oxygen atoms in total. The second-order valence-electron chi connectivity index (χ2n) is 8.48. The van der Waals surface area contributed by atoms with Crippen LogP contribution in [0.5, 0.6) is 5.75 Å². The Labute approximate surface area is 160 Å². The van der Waals surface area contributed by atoms with Crippen LogP contribution in [0.4, 0.5) is 4.79 Å². The molecule has 0 N–H and O–H groups in total. The number of aryl methyl sites for hydroxylation is 1. The van der Waals surface area contributed by atoms with Gasteiger partial charge in [0.15, 0.2) is 5.60 Å². The third-order valence-electron chi connectivity index (χ3n) is 5.44. The van der Waals surface area contributed by atoms with E-state index in [0.717, 1.165) is 30.7 Å². The summed E-state index contributed by atoms with van der Waals surface area (Å²) in [6.45, 7) is 9.10. The number of benzene rings is 1. The zero-order valence-electron chi connectivity index (χ0n) is 16.6. The summed E-state index contributed by atoms with van der Waals surface area (Å²) in [6.07, 6.45) is 4.36. The van der Waals surface area contributed by atoms with E-state index in [1.54, 1.807) is 4.90 Å². The van der Waals surface area contributed by atoms with Gasteiger partial charge >= 0.3 is 6.09 Å². The predicted octanol–water partition coefficient (Wildman–Crippen LogP) is 4.66. The van der Waals surface area contributed by atoms with E-state index in [1.807, 2.05) is 20.8 Å². The molecule has 27 heavy (non-hydrogen) atoms. The number of likely N-dealkylation sites (tertiary alicyclic amines) is 1. The van der Waals surface area contributed by atoms with Gasteiger partial charge in [-0.05, 0) is 57.0 Å². The number of carbonyl (C=O) groups is 1. The van der Waals surface area contributed by atoms with E-state index in [9.17, 15) is 4.79 Å². The van der Waals surface area contributed by atoms with Crippen molar-refractivity contribution < 1.29 is 14.3 Å². The van der Waals surface area contributed by atoms with E-state index in [-0.39, 0.29) is 11.7 Å². The van der Waals surface area contributed by atoms with Crippen molar-refractivity contribution in [1.29, 1.82) is 0 Å². The van der Waals surface area contributed by atoms with Crippen molar-refractivity contribution in [3.63, 3.8) is 0 Å². The molecule has 0 atom stereocenters. The van der Waals surface area contributed by atoms with Crippen molar-refractivity contribution in [2.45, 2.75) is 58.2 Å². The highest BCUT2D eigenvalue weighted by Crippen LogP contribution is 2.45. The maximum absolute atomic E-state index is 12.4. The minimum absolute atomic E-state index is 0.239. The van der Waals surface area contributed by atoms with Crippen LogP contribution in [0.2, 0.25) is 0 Å². The fourth-order valence-corrected chi connectivity index (χ4v) is 4.02. The van der Waals surface area contributed by atoms with Crippen molar-refractivity contribution in [1.82, 2.24) is 9.47 Å². The number of amides is 1. The number of fused-ring (bicyclic) bond motifs is 4. The highest BCUT2D eigenvalue weighted by molar-refractivity contribution is 5.68. The fraction of sp³-hybridized carbons (Fsp3) is 0.500. The first kappa shape index (κ1) is 18.0. The van der Waals surface area contributed by atoms with Crippen molar-refractivity contribution in [3.8, 4) is 11.4 Å². The van der Waals surface area contributed by atoms with Crippen LogP contribution in [0.25, 0.3) is 5.69 Å². The Morgan fingerprint density at radius 3 is 2.63 bits per heavy atom. The molecule has 0 aliphatic carbocycles. The molecule has 4 rings (SSSR count). The molecule has 0 bridgehead atoms. The second kappa shape index (κ2) is 6.32. The monoisotopic (exact) mass is 368 g/mol. The lowest BCUT2D eigenvalue weighted by Crippen LogP contribution is -2.50. The van der Waals surface area contributed by atoms with Gasteiger partial charge in [0.25, 0.3) is 0 Å². The minimum Gasteiger partial charge on any atom is -0.479 e. The van der Waals surface area contributed by atoms with Crippen LogP contribution in [0.1, 0.15) is 51.8 Å². The number of aromatic nitrogens is 1. The lowest BCUT2D eigenvalue weighted by Gasteiger charge is -2.45. The topological polar surface area (TPSA) is 43.7 Å². The highest BCUT2D eigenvalue weighted by Gasteiger charge is 2.45. The van der Waals surface area contributed by atoms with Gasteiger partial charge in [-0.2, -0.15) is 0 Å². The number of hydrogen-bond acceptors (Lipinski definition) is 3. The third-order valence-corrected chi connectivity index (χ3v) is 5.44. The summed E-state index contributed by atoms with van der Waals surface area (Å²) in [7, 11) is 0. The van der Waals surface area contributed by atoms with Gasteiger partial charge in [0.2, 0.25) is 0 Å². The molecule has 1 amide bonds. The van der Waals surface area contributed by atoms with Gasteiger partial charge in [0, 0.05) is 32.1 Å². The van der Waals surface area contributed by atoms with Gasteiger partial charge in [-0.3, -0.25) is 0 Å². The molecule has 2 aliphatic rings. The molecule has 3 heterocycles. The Morgan fingerprint density at radius 2 is 1.96 bits per heavy atom. The Bertz CT molecular complexity index is 855. The summed E-state index contributed by atoms with van der Waals surface area (Å²) in [5.74, 6) is 0.934. The van der Waals surface area contributed by atoms with Crippen molar-refractivity contribution >= 4 is 6.09 Å². The molecule has 0 saturated carbocycles. The lowest BCUT2D eigenvalue weighted by molar-refractivity contribution is -0.0268. The van der Waals surface area contributed by atoms with Gasteiger partial charge < -0.3 is 18.9 Å². The molecule has 1 aromatic carbocycles. The maximum atomic E-state index is 12.4. The first-order chi connectivity index (χ1) is 12.8. The van der Waals surface area contributed by atoms with Gasteiger partial charge in [0.1, 0.15) is 11.4 Å².